The van der Waals surface area contributed by atoms with Gasteiger partial charge in [0.15, 0.2) is 0 Å². The Balaban J connectivity index is 1.14. The summed E-state index contributed by atoms with van der Waals surface area (Å²) >= 11 is 3.20. The number of hydrogen-bond acceptors (Lipinski definition) is 13. The number of thioether (sulfide) groups is 2. The molecule has 9 amide bonds. The van der Waals surface area contributed by atoms with Crippen molar-refractivity contribution in [3.63, 3.8) is 0 Å². The van der Waals surface area contributed by atoms with Crippen molar-refractivity contribution in [2.75, 3.05) is 45.9 Å². The number of nitrogens with one attached hydrogen (secondary N) is 8. The van der Waals surface area contributed by atoms with Gasteiger partial charge in [0.05, 0.1) is 13.2 Å². The molecular weight excluding hydrogens is 1220 g/mol. The molecule has 492 valence electrons. The summed E-state index contributed by atoms with van der Waals surface area (Å²) in [6.07, 6.45) is 5.93. The van der Waals surface area contributed by atoms with Crippen LogP contribution >= 0.6 is 23.5 Å². The fraction of sp³-hybridized carbons (Fsp3) is 0.456. The number of likely N-dealkylation sites (N-methyl/N-ethyl adjacent to an activating group) is 1. The van der Waals surface area contributed by atoms with Gasteiger partial charge in [-0.1, -0.05) is 72.8 Å². The Hall–Kier alpha value is -8.22. The van der Waals surface area contributed by atoms with Crippen molar-refractivity contribution < 1.29 is 57.0 Å². The molecule has 24 heteroatoms. The number of fused-ring (bicyclic) bond motifs is 12. The molecule has 3 aliphatic rings. The van der Waals surface area contributed by atoms with Crippen LogP contribution in [0.3, 0.4) is 0 Å². The number of allylic oxidation sites excluding steroid dienone is 1. The smallest absolute Gasteiger partial charge is 0.246 e. The van der Waals surface area contributed by atoms with Crippen LogP contribution in [0.2, 0.25) is 0 Å². The molecule has 0 saturated carbocycles. The van der Waals surface area contributed by atoms with Gasteiger partial charge < -0.3 is 61.5 Å². The molecule has 92 heavy (non-hydrogen) atoms. The Kier molecular flexibility index (Phi) is 24.9. The zero-order valence-corrected chi connectivity index (χ0v) is 54.8. The van der Waals surface area contributed by atoms with E-state index in [2.05, 4.69) is 48.3 Å². The topological polar surface area (TPSA) is 279 Å². The number of hydrogen-bond donors (Lipinski definition) is 8. The molecular formula is C68H85FN10O11S2. The van der Waals surface area contributed by atoms with Crippen LogP contribution in [0, 0.1) is 5.82 Å². The van der Waals surface area contributed by atoms with E-state index < -0.39 is 101 Å². The summed E-state index contributed by atoms with van der Waals surface area (Å²) in [6, 6.07) is 17.5. The summed E-state index contributed by atoms with van der Waals surface area (Å²) in [5.74, 6) is -3.32. The molecule has 4 aromatic carbocycles. The molecule has 5 aromatic rings. The highest BCUT2D eigenvalue weighted by Gasteiger charge is 2.48. The highest BCUT2D eigenvalue weighted by molar-refractivity contribution is 7.98. The number of carbonyl (C=O) groups is 9. The summed E-state index contributed by atoms with van der Waals surface area (Å²) in [5, 5.41) is 20.3. The highest BCUT2D eigenvalue weighted by Crippen LogP contribution is 2.31. The van der Waals surface area contributed by atoms with E-state index in [4.69, 9.17) is 9.47 Å². The van der Waals surface area contributed by atoms with E-state index in [1.54, 1.807) is 86.0 Å². The number of nitrogens with zero attached hydrogens (tertiary/aromatic N) is 2. The van der Waals surface area contributed by atoms with Crippen molar-refractivity contribution in [1.82, 2.24) is 52.0 Å². The molecule has 21 nitrogen and oxygen atoms in total. The Labute approximate surface area is 545 Å². The van der Waals surface area contributed by atoms with Gasteiger partial charge in [-0.15, -0.1) is 0 Å². The average molecular weight is 1300 g/mol. The normalized spacial score (nSPS) is 25.4. The first-order valence-electron chi connectivity index (χ1n) is 31.2. The lowest BCUT2D eigenvalue weighted by Gasteiger charge is -2.37. The molecule has 3 aliphatic heterocycles. The van der Waals surface area contributed by atoms with Gasteiger partial charge in [-0.05, 0) is 124 Å². The number of benzene rings is 4. The summed E-state index contributed by atoms with van der Waals surface area (Å²) in [4.78, 5) is 137. The number of methoxy groups -OCH3 is 2. The number of aromatic amines is 1. The molecule has 1 aromatic heterocycles. The van der Waals surface area contributed by atoms with Gasteiger partial charge >= 0.3 is 0 Å². The fourth-order valence-electron chi connectivity index (χ4n) is 11.7. The van der Waals surface area contributed by atoms with Crippen LogP contribution in [-0.2, 0) is 78.7 Å². The van der Waals surface area contributed by atoms with Crippen molar-refractivity contribution in [2.45, 2.75) is 151 Å². The molecule has 9 atom stereocenters. The van der Waals surface area contributed by atoms with Crippen LogP contribution in [0.5, 0.6) is 5.75 Å². The van der Waals surface area contributed by atoms with Gasteiger partial charge in [-0.3, -0.25) is 43.2 Å². The van der Waals surface area contributed by atoms with Gasteiger partial charge in [0.1, 0.15) is 59.4 Å². The zero-order valence-electron chi connectivity index (χ0n) is 53.2. The molecule has 0 spiro atoms. The Morgan fingerprint density at radius 1 is 0.707 bits per heavy atom. The molecule has 1 saturated heterocycles. The van der Waals surface area contributed by atoms with E-state index in [0.717, 1.165) is 16.7 Å². The third-order valence-electron chi connectivity index (χ3n) is 17.2. The molecule has 0 unspecified atom stereocenters. The molecule has 4 heterocycles. The molecule has 0 radical (unpaired) electrons. The second-order valence-corrected chi connectivity index (χ2v) is 26.1. The number of amides is 9. The lowest BCUT2D eigenvalue weighted by molar-refractivity contribution is -0.147. The lowest BCUT2D eigenvalue weighted by Crippen LogP contribution is -2.63. The van der Waals surface area contributed by atoms with Crippen molar-refractivity contribution in [3.8, 4) is 5.75 Å². The number of carbonyl (C=O) groups excluding carboxylic acids is 9. The Bertz CT molecular complexity index is 3500. The van der Waals surface area contributed by atoms with E-state index in [9.17, 15) is 23.6 Å². The van der Waals surface area contributed by atoms with Crippen LogP contribution in [0.25, 0.3) is 17.0 Å². The Morgan fingerprint density at radius 3 is 2.13 bits per heavy atom. The van der Waals surface area contributed by atoms with E-state index in [-0.39, 0.29) is 50.5 Å². The summed E-state index contributed by atoms with van der Waals surface area (Å²) in [7, 11) is 4.31. The predicted octanol–water partition coefficient (Wildman–Crippen LogP) is 5.42. The predicted molar refractivity (Wildman–Crippen MR) is 353 cm³/mol. The second-order valence-electron chi connectivity index (χ2n) is 23.9. The molecule has 6 bridgehead atoms. The maximum absolute atomic E-state index is 15.4. The zero-order chi connectivity index (χ0) is 66.1. The van der Waals surface area contributed by atoms with E-state index in [0.29, 0.717) is 88.6 Å². The molecule has 8 N–H and O–H groups in total. The maximum Gasteiger partial charge on any atom is 0.246 e. The van der Waals surface area contributed by atoms with Crippen molar-refractivity contribution in [3.05, 3.63) is 142 Å². The highest BCUT2D eigenvalue weighted by atomic mass is 32.2. The summed E-state index contributed by atoms with van der Waals surface area (Å²) in [5.41, 5.74) is 3.96. The SMILES string of the molecule is COc1ccc(C[C@@H]2NC(=O)[C@H]([C@@H](C)OC)NC(=O)[C@@H]3CCC/C=C/c4cccc(c4)C[C@H](NC(=O)[C@@H](C)NC(=O)[C@H](C)NC(=O)CCSCc4cccc(c4)CSCCNC(=O)[C@]4(C)CCCN4C2=O)C(=O)N[C@@H](Cc2c[nH]c4ccc(F)cc24)C(=O)N3C)cc1. The minimum Gasteiger partial charge on any atom is -0.497 e. The third kappa shape index (κ3) is 18.5. The van der Waals surface area contributed by atoms with Crippen LogP contribution < -0.4 is 42.0 Å². The van der Waals surface area contributed by atoms with E-state index in [1.807, 2.05) is 42.5 Å². The average Bonchev–Trinajstić information content (AvgIpc) is 1.59. The van der Waals surface area contributed by atoms with Gasteiger partial charge in [0.2, 0.25) is 53.2 Å². The summed E-state index contributed by atoms with van der Waals surface area (Å²) < 4.78 is 26.1. The summed E-state index contributed by atoms with van der Waals surface area (Å²) in [6.45, 7) is 6.81. The van der Waals surface area contributed by atoms with Crippen LogP contribution in [0.15, 0.2) is 103 Å². The fourth-order valence-corrected chi connectivity index (χ4v) is 13.4. The quantitative estimate of drug-likeness (QED) is 0.101. The maximum atomic E-state index is 15.4. The monoisotopic (exact) mass is 1300 g/mol. The van der Waals surface area contributed by atoms with Crippen LogP contribution in [0.4, 0.5) is 4.39 Å². The van der Waals surface area contributed by atoms with Crippen molar-refractivity contribution in [1.29, 1.82) is 0 Å². The van der Waals surface area contributed by atoms with Crippen molar-refractivity contribution >= 4 is 93.7 Å². The number of ether oxygens (including phenoxy) is 2. The minimum atomic E-state index is -1.46. The van der Waals surface area contributed by atoms with Crippen LogP contribution in [-0.4, -0.2) is 168 Å². The molecule has 0 aliphatic carbocycles. The largest absolute Gasteiger partial charge is 0.497 e. The Morgan fingerprint density at radius 2 is 1.39 bits per heavy atom. The van der Waals surface area contributed by atoms with E-state index in [1.165, 1.54) is 57.0 Å². The van der Waals surface area contributed by atoms with Gasteiger partial charge in [-0.25, -0.2) is 4.39 Å². The minimum absolute atomic E-state index is 0.00820. The van der Waals surface area contributed by atoms with Crippen molar-refractivity contribution in [2.24, 2.45) is 0 Å². The van der Waals surface area contributed by atoms with Gasteiger partial charge in [0, 0.05) is 93.0 Å². The van der Waals surface area contributed by atoms with Crippen LogP contribution in [0.1, 0.15) is 99.6 Å². The number of rotatable bonds is 7. The number of halogens is 1. The number of H-pyrrole nitrogens is 1. The van der Waals surface area contributed by atoms with Gasteiger partial charge in [0.25, 0.3) is 0 Å². The third-order valence-corrected chi connectivity index (χ3v) is 19.2. The second kappa shape index (κ2) is 32.9. The first-order valence-corrected chi connectivity index (χ1v) is 33.5. The standard InChI is InChI=1S/C68H85FN10O11S2/c1-41-60(81)73-42(2)61(82)74-54-35-46-16-11-15-44(32-46)14-9-8-10-19-57(78(5)65(86)56(75-62(54)83)36-49-38-71-53-25-22-50(69)37-52(49)53)63(84)77-59(43(3)89-6)64(85)76-55(34-45-20-23-51(90-7)24-21-45)66(87)79-29-13-27-68(79,4)67(88)70-28-31-92-40-48-18-12-17-47(33-48)39-91-30-26-58(80)72-41/h9,11-12,14-18,20-25,32-33,37-38,41-43,54-57,59,71H,8,10,13,19,26-31,34-36,39-40H2,1-7H3,(H,70,88)(H,72,80)(H,73,81)(H,74,82)(H,75,83)(H,76,85)(H,77,84)/b14-9+/t41-,42+,43+,54-,55-,56-,57-,59-,68-/m0/s1. The van der Waals surface area contributed by atoms with Gasteiger partial charge in [-0.2, -0.15) is 23.5 Å². The first-order chi connectivity index (χ1) is 44.1. The lowest BCUT2D eigenvalue weighted by atomic mass is 9.95. The molecule has 8 rings (SSSR count). The first kappa shape index (κ1) is 69.7. The van der Waals surface area contributed by atoms with E-state index >= 15 is 24.0 Å². The molecule has 1 fully saturated rings. The number of aromatic nitrogens is 1.